The largest absolute Gasteiger partial charge is 0.351 e. The van der Waals surface area contributed by atoms with Crippen molar-refractivity contribution in [2.75, 3.05) is 19.6 Å². The van der Waals surface area contributed by atoms with Gasteiger partial charge in [0.05, 0.1) is 16.6 Å². The van der Waals surface area contributed by atoms with E-state index in [4.69, 9.17) is 0 Å². The second-order valence-electron chi connectivity index (χ2n) is 6.70. The van der Waals surface area contributed by atoms with E-state index in [1.807, 2.05) is 0 Å². The first-order chi connectivity index (χ1) is 11.0. The number of piperidine rings is 1. The number of amides is 3. The molecule has 1 aromatic rings. The van der Waals surface area contributed by atoms with Gasteiger partial charge in [-0.1, -0.05) is 13.8 Å². The van der Waals surface area contributed by atoms with Crippen LogP contribution in [0.15, 0.2) is 5.38 Å². The van der Waals surface area contributed by atoms with Crippen LogP contribution in [0, 0.1) is 5.92 Å². The zero-order valence-corrected chi connectivity index (χ0v) is 14.5. The van der Waals surface area contributed by atoms with Crippen molar-refractivity contribution in [3.8, 4) is 0 Å². The summed E-state index contributed by atoms with van der Waals surface area (Å²) >= 11 is 1.68. The maximum absolute atomic E-state index is 12.3. The van der Waals surface area contributed by atoms with Gasteiger partial charge in [-0.3, -0.25) is 4.79 Å². The molecule has 3 aliphatic rings. The molecule has 6 nitrogen and oxygen atoms in total. The van der Waals surface area contributed by atoms with Gasteiger partial charge in [-0.05, 0) is 12.8 Å². The summed E-state index contributed by atoms with van der Waals surface area (Å²) in [6, 6.07) is 0.0388. The fourth-order valence-corrected chi connectivity index (χ4v) is 3.99. The standard InChI is InChI=1S/C16H24N4O2S/c1-10(2)15-19-13(9-23-15)5-6-17-16(22)20-7-11-3-4-12(8-20)18-14(11)21/h9-12H,3-8H2,1-2H3,(H,17,22)(H,18,21)/t11-,12+/m1/s1. The summed E-state index contributed by atoms with van der Waals surface area (Å²) in [7, 11) is 0. The summed E-state index contributed by atoms with van der Waals surface area (Å²) in [6.45, 7) is 5.98. The first kappa shape index (κ1) is 16.2. The molecular formula is C16H24N4O2S. The van der Waals surface area contributed by atoms with Gasteiger partial charge in [-0.15, -0.1) is 11.3 Å². The molecule has 7 heteroatoms. The third-order valence-corrected chi connectivity index (χ3v) is 5.66. The predicted octanol–water partition coefficient (Wildman–Crippen LogP) is 1.73. The summed E-state index contributed by atoms with van der Waals surface area (Å²) in [4.78, 5) is 30.5. The first-order valence-electron chi connectivity index (χ1n) is 8.30. The molecule has 23 heavy (non-hydrogen) atoms. The molecule has 4 heterocycles. The topological polar surface area (TPSA) is 74.3 Å². The van der Waals surface area contributed by atoms with Crippen LogP contribution in [0.25, 0.3) is 0 Å². The number of hydrogen-bond donors (Lipinski definition) is 2. The number of urea groups is 1. The molecule has 3 amide bonds. The number of carbonyl (C=O) groups excluding carboxylic acids is 2. The Bertz CT molecular complexity index is 586. The maximum Gasteiger partial charge on any atom is 0.317 e. The van der Waals surface area contributed by atoms with Crippen LogP contribution in [-0.2, 0) is 11.2 Å². The van der Waals surface area contributed by atoms with Crippen molar-refractivity contribution in [2.45, 2.75) is 45.1 Å². The Morgan fingerprint density at radius 3 is 3.00 bits per heavy atom. The number of rotatable bonds is 4. The molecule has 2 N–H and O–H groups in total. The van der Waals surface area contributed by atoms with E-state index in [9.17, 15) is 9.59 Å². The fraction of sp³-hybridized carbons (Fsp3) is 0.688. The minimum atomic E-state index is -0.0716. The normalized spacial score (nSPS) is 23.8. The number of fused-ring (bicyclic) bond motifs is 4. The van der Waals surface area contributed by atoms with Crippen LogP contribution in [-0.4, -0.2) is 47.5 Å². The molecule has 0 aliphatic carbocycles. The van der Waals surface area contributed by atoms with Crippen molar-refractivity contribution in [3.05, 3.63) is 16.1 Å². The third kappa shape index (κ3) is 3.83. The van der Waals surface area contributed by atoms with E-state index in [0.717, 1.165) is 30.0 Å². The van der Waals surface area contributed by atoms with Gasteiger partial charge in [-0.25, -0.2) is 9.78 Å². The van der Waals surface area contributed by atoms with Crippen LogP contribution < -0.4 is 10.6 Å². The zero-order valence-electron chi connectivity index (χ0n) is 13.7. The van der Waals surface area contributed by atoms with E-state index in [2.05, 4.69) is 34.8 Å². The van der Waals surface area contributed by atoms with Gasteiger partial charge in [0, 0.05) is 43.4 Å². The van der Waals surface area contributed by atoms with Crippen LogP contribution >= 0.6 is 11.3 Å². The van der Waals surface area contributed by atoms with Crippen molar-refractivity contribution >= 4 is 23.3 Å². The van der Waals surface area contributed by atoms with Gasteiger partial charge < -0.3 is 15.5 Å². The quantitative estimate of drug-likeness (QED) is 0.879. The minimum absolute atomic E-state index is 0.0494. The molecule has 0 saturated carbocycles. The number of aromatic nitrogens is 1. The van der Waals surface area contributed by atoms with E-state index in [0.29, 0.717) is 25.6 Å². The molecule has 0 spiro atoms. The molecule has 2 bridgehead atoms. The fourth-order valence-electron chi connectivity index (χ4n) is 3.12. The van der Waals surface area contributed by atoms with E-state index in [1.165, 1.54) is 0 Å². The van der Waals surface area contributed by atoms with Gasteiger partial charge >= 0.3 is 6.03 Å². The highest BCUT2D eigenvalue weighted by Gasteiger charge is 2.36. The van der Waals surface area contributed by atoms with Gasteiger partial charge in [0.25, 0.3) is 0 Å². The van der Waals surface area contributed by atoms with Crippen molar-refractivity contribution in [2.24, 2.45) is 5.92 Å². The van der Waals surface area contributed by atoms with Crippen molar-refractivity contribution in [1.82, 2.24) is 20.5 Å². The predicted molar refractivity (Wildman–Crippen MR) is 89.5 cm³/mol. The Hall–Kier alpha value is -1.63. The number of hydrogen-bond acceptors (Lipinski definition) is 4. The second-order valence-corrected chi connectivity index (χ2v) is 7.59. The van der Waals surface area contributed by atoms with Gasteiger partial charge in [0.2, 0.25) is 5.91 Å². The zero-order chi connectivity index (χ0) is 16.4. The summed E-state index contributed by atoms with van der Waals surface area (Å²) in [5, 5.41) is 9.16. The molecule has 4 rings (SSSR count). The lowest BCUT2D eigenvalue weighted by molar-refractivity contribution is -0.126. The smallest absolute Gasteiger partial charge is 0.317 e. The molecule has 2 atom stereocenters. The van der Waals surface area contributed by atoms with E-state index >= 15 is 0 Å². The molecule has 3 fully saturated rings. The summed E-state index contributed by atoms with van der Waals surface area (Å²) < 4.78 is 0. The molecular weight excluding hydrogens is 312 g/mol. The molecule has 0 radical (unpaired) electrons. The summed E-state index contributed by atoms with van der Waals surface area (Å²) in [5.74, 6) is 0.493. The number of thiazole rings is 1. The van der Waals surface area contributed by atoms with E-state index in [1.54, 1.807) is 16.2 Å². The van der Waals surface area contributed by atoms with Crippen molar-refractivity contribution < 1.29 is 9.59 Å². The van der Waals surface area contributed by atoms with Crippen LogP contribution in [0.1, 0.15) is 43.3 Å². The Kier molecular flexibility index (Phi) is 4.84. The minimum Gasteiger partial charge on any atom is -0.351 e. The van der Waals surface area contributed by atoms with Gasteiger partial charge in [0.1, 0.15) is 0 Å². The lowest BCUT2D eigenvalue weighted by Crippen LogP contribution is -2.45. The molecule has 0 unspecified atom stereocenters. The Morgan fingerprint density at radius 1 is 1.48 bits per heavy atom. The van der Waals surface area contributed by atoms with Crippen LogP contribution in [0.4, 0.5) is 4.79 Å². The van der Waals surface area contributed by atoms with Gasteiger partial charge in [-0.2, -0.15) is 0 Å². The van der Waals surface area contributed by atoms with Crippen molar-refractivity contribution in [1.29, 1.82) is 0 Å². The first-order valence-corrected chi connectivity index (χ1v) is 9.18. The Morgan fingerprint density at radius 2 is 2.30 bits per heavy atom. The number of nitrogens with zero attached hydrogens (tertiary/aromatic N) is 2. The average Bonchev–Trinajstić information content (AvgIpc) is 2.81. The molecule has 3 saturated heterocycles. The summed E-state index contributed by atoms with van der Waals surface area (Å²) in [5.41, 5.74) is 1.03. The Balaban J connectivity index is 1.48. The van der Waals surface area contributed by atoms with Crippen LogP contribution in [0.2, 0.25) is 0 Å². The number of nitrogens with one attached hydrogen (secondary N) is 2. The van der Waals surface area contributed by atoms with Crippen molar-refractivity contribution in [3.63, 3.8) is 0 Å². The maximum atomic E-state index is 12.3. The molecule has 1 aromatic heterocycles. The molecule has 3 aliphatic heterocycles. The highest BCUT2D eigenvalue weighted by molar-refractivity contribution is 7.09. The lowest BCUT2D eigenvalue weighted by Gasteiger charge is -2.23. The molecule has 126 valence electrons. The summed E-state index contributed by atoms with van der Waals surface area (Å²) in [6.07, 6.45) is 2.60. The van der Waals surface area contributed by atoms with Gasteiger partial charge in [0.15, 0.2) is 0 Å². The average molecular weight is 336 g/mol. The van der Waals surface area contributed by atoms with Crippen LogP contribution in [0.3, 0.4) is 0 Å². The van der Waals surface area contributed by atoms with Crippen LogP contribution in [0.5, 0.6) is 0 Å². The number of carbonyl (C=O) groups is 2. The molecule has 0 aromatic carbocycles. The second kappa shape index (κ2) is 6.86. The monoisotopic (exact) mass is 336 g/mol. The SMILES string of the molecule is CC(C)c1nc(CCNC(=O)N2C[C@@H]3CC[C@H](C2)C(=O)N3)cs1. The van der Waals surface area contributed by atoms with E-state index < -0.39 is 0 Å². The third-order valence-electron chi connectivity index (χ3n) is 4.47. The highest BCUT2D eigenvalue weighted by atomic mass is 32.1. The highest BCUT2D eigenvalue weighted by Crippen LogP contribution is 2.22. The Labute approximate surface area is 140 Å². The van der Waals surface area contributed by atoms with E-state index in [-0.39, 0.29) is 23.9 Å². The lowest BCUT2D eigenvalue weighted by atomic mass is 9.96.